The van der Waals surface area contributed by atoms with E-state index in [9.17, 15) is 33.6 Å². The zero-order chi connectivity index (χ0) is 49.9. The summed E-state index contributed by atoms with van der Waals surface area (Å²) >= 11 is 0. The summed E-state index contributed by atoms with van der Waals surface area (Å²) in [6.45, 7) is -2.00. The van der Waals surface area contributed by atoms with Gasteiger partial charge in [0, 0.05) is 61.3 Å². The molecule has 1 aliphatic carbocycles. The minimum Gasteiger partial charge on any atom is -0.488 e. The Kier molecular flexibility index (Phi) is 16.4. The predicted molar refractivity (Wildman–Crippen MR) is 251 cm³/mol. The van der Waals surface area contributed by atoms with E-state index in [2.05, 4.69) is 0 Å². The number of fused-ring (bicyclic) bond motifs is 2. The first-order valence-electron chi connectivity index (χ1n) is 21.6. The smallest absolute Gasteiger partial charge is 0.337 e. The molecule has 0 unspecified atom stereocenters. The number of amides is 2. The van der Waals surface area contributed by atoms with Crippen LogP contribution >= 0.6 is 0 Å². The molecule has 1 saturated heterocycles. The molecule has 0 bridgehead atoms. The third kappa shape index (κ3) is 12.1. The van der Waals surface area contributed by atoms with Gasteiger partial charge in [-0.15, -0.1) is 5.06 Å². The van der Waals surface area contributed by atoms with E-state index in [1.807, 2.05) is 80.1 Å². The number of carbonyl (C=O) groups excluding carboxylic acids is 7. The number of carbonyl (C=O) groups is 7. The van der Waals surface area contributed by atoms with E-state index in [4.69, 9.17) is 37.7 Å². The van der Waals surface area contributed by atoms with Gasteiger partial charge in [0.25, 0.3) is 11.8 Å². The highest BCUT2D eigenvalue weighted by Crippen LogP contribution is 2.43. The minimum absolute atomic E-state index is 0.0946. The molecule has 0 radical (unpaired) electrons. The molecule has 69 heavy (non-hydrogen) atoms. The normalized spacial score (nSPS) is 12.1. The number of imide groups is 1. The molecule has 0 aromatic heterocycles. The van der Waals surface area contributed by atoms with Crippen LogP contribution in [-0.4, -0.2) is 143 Å². The monoisotopic (exact) mass is 952 g/mol. The van der Waals surface area contributed by atoms with Crippen LogP contribution in [0.2, 0.25) is 0 Å². The van der Waals surface area contributed by atoms with Gasteiger partial charge in [-0.3, -0.25) is 28.8 Å². The van der Waals surface area contributed by atoms with Crippen LogP contribution in [0.25, 0.3) is 33.4 Å². The number of benzene rings is 4. The van der Waals surface area contributed by atoms with E-state index in [0.29, 0.717) is 27.7 Å². The number of methoxy groups -OCH3 is 4. The van der Waals surface area contributed by atoms with Crippen LogP contribution < -0.4 is 34.1 Å². The van der Waals surface area contributed by atoms with Crippen molar-refractivity contribution in [3.63, 3.8) is 0 Å². The molecule has 20 heteroatoms. The third-order valence-electron chi connectivity index (χ3n) is 11.0. The number of anilines is 3. The molecule has 6 rings (SSSR count). The van der Waals surface area contributed by atoms with Crippen molar-refractivity contribution in [2.45, 2.75) is 19.3 Å². The number of esters is 4. The largest absolute Gasteiger partial charge is 0.488 e. The molecule has 3 aromatic rings. The summed E-state index contributed by atoms with van der Waals surface area (Å²) in [7, 11) is 12.5. The first-order valence-corrected chi connectivity index (χ1v) is 21.6. The molecule has 0 spiro atoms. The Hall–Kier alpha value is -8.16. The Labute approximate surface area is 397 Å². The van der Waals surface area contributed by atoms with Crippen LogP contribution in [0.1, 0.15) is 18.4 Å². The van der Waals surface area contributed by atoms with Crippen molar-refractivity contribution < 1.29 is 71.2 Å². The fraction of sp³-hybridized carbons (Fsp3) is 0.347. The lowest BCUT2D eigenvalue weighted by atomic mass is 9.93. The van der Waals surface area contributed by atoms with Crippen LogP contribution in [0.5, 0.6) is 11.5 Å². The van der Waals surface area contributed by atoms with Crippen LogP contribution in [0.3, 0.4) is 0 Å². The number of hydrogen-bond acceptors (Lipinski definition) is 18. The first-order chi connectivity index (χ1) is 33.0. The van der Waals surface area contributed by atoms with Gasteiger partial charge in [0.1, 0.15) is 76.3 Å². The molecule has 2 aliphatic heterocycles. The first kappa shape index (κ1) is 50.3. The average molecular weight is 953 g/mol. The van der Waals surface area contributed by atoms with E-state index < -0.39 is 61.2 Å². The zero-order valence-corrected chi connectivity index (χ0v) is 39.7. The molecule has 20 nitrogen and oxygen atoms in total. The Balaban J connectivity index is 1.42. The summed E-state index contributed by atoms with van der Waals surface area (Å²) in [5, 5.41) is 2.14. The van der Waals surface area contributed by atoms with Gasteiger partial charge in [0.15, 0.2) is 0 Å². The van der Waals surface area contributed by atoms with Gasteiger partial charge < -0.3 is 52.4 Å². The van der Waals surface area contributed by atoms with E-state index in [1.165, 1.54) is 44.3 Å². The van der Waals surface area contributed by atoms with Crippen LogP contribution in [0.15, 0.2) is 77.2 Å². The van der Waals surface area contributed by atoms with Crippen LogP contribution in [0.4, 0.5) is 17.1 Å². The van der Waals surface area contributed by atoms with E-state index in [0.717, 1.165) is 27.6 Å². The van der Waals surface area contributed by atoms with E-state index in [1.54, 1.807) is 24.3 Å². The molecule has 364 valence electrons. The second kappa shape index (κ2) is 22.6. The van der Waals surface area contributed by atoms with Crippen molar-refractivity contribution in [1.29, 1.82) is 0 Å². The SMILES string of the molecule is COC(=O)CN(CC(=O)OC)c1ccc(-c2c3ccc(=[N+](C)C)cc-3oc3cc(N(C)C)ccc23)cc1OCCOc1cccc(CC(=O)ON2C(=O)CCC2=O)c1N(CC(=O)OC)CC(=O)OC. The Morgan fingerprint density at radius 2 is 1.26 bits per heavy atom. The summed E-state index contributed by atoms with van der Waals surface area (Å²) in [5.74, 6) is -4.11. The van der Waals surface area contributed by atoms with Gasteiger partial charge in [0.05, 0.1) is 52.3 Å². The molecule has 1 fully saturated rings. The molecule has 0 N–H and O–H groups in total. The number of nitrogens with zero attached hydrogens (tertiary/aromatic N) is 5. The zero-order valence-electron chi connectivity index (χ0n) is 39.7. The fourth-order valence-corrected chi connectivity index (χ4v) is 7.54. The number of para-hydroxylation sites is 1. The van der Waals surface area contributed by atoms with E-state index in [-0.39, 0.29) is 61.9 Å². The van der Waals surface area contributed by atoms with Gasteiger partial charge in [0.2, 0.25) is 5.36 Å². The van der Waals surface area contributed by atoms with Crippen molar-refractivity contribution in [1.82, 2.24) is 9.64 Å². The van der Waals surface area contributed by atoms with Gasteiger partial charge in [-0.05, 0) is 47.5 Å². The van der Waals surface area contributed by atoms with Gasteiger partial charge in [-0.25, -0.2) is 9.37 Å². The minimum atomic E-state index is -0.976. The predicted octanol–water partition coefficient (Wildman–Crippen LogP) is 3.21. The van der Waals surface area contributed by atoms with Gasteiger partial charge in [-0.2, -0.15) is 0 Å². The summed E-state index contributed by atoms with van der Waals surface area (Å²) in [4.78, 5) is 98.6. The Bertz CT molecular complexity index is 2760. The Morgan fingerprint density at radius 3 is 1.84 bits per heavy atom. The van der Waals surface area contributed by atoms with Crippen molar-refractivity contribution in [3.05, 3.63) is 83.7 Å². The molecule has 0 saturated carbocycles. The van der Waals surface area contributed by atoms with Gasteiger partial charge >= 0.3 is 29.8 Å². The Morgan fingerprint density at radius 1 is 0.667 bits per heavy atom. The maximum Gasteiger partial charge on any atom is 0.337 e. The molecule has 2 amide bonds. The summed E-state index contributed by atoms with van der Waals surface area (Å²) in [5.41, 5.74) is 4.50. The second-order valence-electron chi connectivity index (χ2n) is 16.0. The van der Waals surface area contributed by atoms with Gasteiger partial charge in [-0.1, -0.05) is 18.2 Å². The molecule has 0 atom stereocenters. The standard InChI is InChI=1S/C49H54N5O15/c1-50(2)32-13-15-34-38(24-32)68-39-25-33(51(3)4)14-16-35(39)48(34)30-12-17-36(52(26-44(58)62-5)27-45(59)63-6)40(22-30)67-21-20-66-37-11-9-10-31(23-43(57)69-54-41(55)18-19-42(54)56)49(37)53(28-46(60)64-7)29-47(61)65-8/h9-17,22,24-25H,18-21,23,26-29H2,1-8H3/q+1. The highest BCUT2D eigenvalue weighted by atomic mass is 16.7. The van der Waals surface area contributed by atoms with Crippen molar-refractivity contribution in [2.24, 2.45) is 0 Å². The molecular formula is C49H54N5O15+. The fourth-order valence-electron chi connectivity index (χ4n) is 7.54. The van der Waals surface area contributed by atoms with Crippen LogP contribution in [-0.2, 0) is 63.8 Å². The summed E-state index contributed by atoms with van der Waals surface area (Å²) in [6, 6.07) is 21.8. The van der Waals surface area contributed by atoms with Crippen molar-refractivity contribution in [3.8, 4) is 33.9 Å². The summed E-state index contributed by atoms with van der Waals surface area (Å²) in [6.07, 6.45) is -0.740. The molecule has 3 aromatic carbocycles. The van der Waals surface area contributed by atoms with Crippen LogP contribution in [0, 0.1) is 0 Å². The lowest BCUT2D eigenvalue weighted by Gasteiger charge is -2.27. The lowest BCUT2D eigenvalue weighted by Crippen LogP contribution is -2.37. The molecular weight excluding hydrogens is 899 g/mol. The molecule has 2 heterocycles. The summed E-state index contributed by atoms with van der Waals surface area (Å²) < 4.78 is 41.1. The topological polar surface area (TPSA) is 213 Å². The maximum absolute atomic E-state index is 13.2. The number of hydroxylamine groups is 2. The van der Waals surface area contributed by atoms with Crippen molar-refractivity contribution in [2.75, 3.05) is 111 Å². The van der Waals surface area contributed by atoms with Crippen molar-refractivity contribution >= 4 is 69.7 Å². The number of ether oxygens (including phenoxy) is 6. The quantitative estimate of drug-likeness (QED) is 0.0274. The highest BCUT2D eigenvalue weighted by molar-refractivity contribution is 6.04. The third-order valence-corrected chi connectivity index (χ3v) is 11.0. The number of rotatable bonds is 20. The average Bonchev–Trinajstić information content (AvgIpc) is 3.65. The number of hydrogen-bond donors (Lipinski definition) is 0. The highest BCUT2D eigenvalue weighted by Gasteiger charge is 2.34. The molecule has 3 aliphatic rings. The second-order valence-corrected chi connectivity index (χ2v) is 16.0. The maximum atomic E-state index is 13.2. The van der Waals surface area contributed by atoms with E-state index >= 15 is 0 Å². The lowest BCUT2D eigenvalue weighted by molar-refractivity contribution is -0.197.